The average Bonchev–Trinajstić information content (AvgIpc) is 2.68. The molecule has 36 heavy (non-hydrogen) atoms. The standard InChI is InChI=1S/C7H10N2.C6H6N2O2.C6H8N2.CH2O3.3Na.2H2S/c1-5-2-3-6(8)4-7(5)9;7-5-1-3-6(4-2-5)8(9)10;7-5-1-2-6(8)4-3-5;2-1(3)4;;;;;/h2-4H,8-9H2,1H3;1-4H,7H2;1-4H,7-8H2;(H2,2,3,4);;;;2*1H2/q;;;;3*+1;;/p-1. The van der Waals surface area contributed by atoms with Gasteiger partial charge in [-0.15, -0.1) is 0 Å². The van der Waals surface area contributed by atoms with E-state index in [0.717, 1.165) is 28.3 Å². The number of nitro benzene ring substituents is 1. The van der Waals surface area contributed by atoms with Crippen molar-refractivity contribution < 1.29 is 109 Å². The third-order valence-electron chi connectivity index (χ3n) is 3.34. The van der Waals surface area contributed by atoms with Crippen LogP contribution in [0.2, 0.25) is 0 Å². The zero-order chi connectivity index (χ0) is 24.0. The number of anilines is 5. The van der Waals surface area contributed by atoms with E-state index in [4.69, 9.17) is 43.7 Å². The van der Waals surface area contributed by atoms with Crippen LogP contribution in [0.1, 0.15) is 5.56 Å². The van der Waals surface area contributed by atoms with Gasteiger partial charge in [0.1, 0.15) is 0 Å². The molecule has 0 unspecified atom stereocenters. The van der Waals surface area contributed by atoms with E-state index in [9.17, 15) is 10.1 Å². The van der Waals surface area contributed by atoms with Gasteiger partial charge in [0.25, 0.3) is 5.69 Å². The number of aryl methyl sites for hydroxylation is 1. The van der Waals surface area contributed by atoms with Crippen LogP contribution in [0.5, 0.6) is 0 Å². The number of non-ortho nitro benzene ring substituents is 1. The van der Waals surface area contributed by atoms with E-state index in [1.54, 1.807) is 30.3 Å². The van der Waals surface area contributed by atoms with E-state index in [2.05, 4.69) is 0 Å². The van der Waals surface area contributed by atoms with Gasteiger partial charge in [0, 0.05) is 40.6 Å². The number of rotatable bonds is 1. The summed E-state index contributed by atoms with van der Waals surface area (Å²) in [6, 6.07) is 18.3. The van der Waals surface area contributed by atoms with Gasteiger partial charge in [-0.3, -0.25) is 10.1 Å². The van der Waals surface area contributed by atoms with Crippen LogP contribution < -0.4 is 117 Å². The third-order valence-corrected chi connectivity index (χ3v) is 3.34. The predicted octanol–water partition coefficient (Wildman–Crippen LogP) is -5.74. The molecule has 0 heterocycles. The molecule has 0 amide bonds. The summed E-state index contributed by atoms with van der Waals surface area (Å²) in [4.78, 5) is 18.2. The van der Waals surface area contributed by atoms with Gasteiger partial charge in [0.15, 0.2) is 0 Å². The summed E-state index contributed by atoms with van der Waals surface area (Å²) in [5, 5.41) is 24.0. The van der Waals surface area contributed by atoms with Crippen LogP contribution in [0, 0.1) is 17.0 Å². The number of nitrogen functional groups attached to an aromatic ring is 5. The SMILES string of the molecule is Cc1ccc(N)cc1N.Nc1ccc(N)cc1.Nc1ccc([N+](=O)[O-])cc1.O=C(O)O.S.[Na+].[Na+].[Na+].[SH-]. The predicted molar refractivity (Wildman–Crippen MR) is 143 cm³/mol. The maximum Gasteiger partial charge on any atom is 1.00 e. The molecule has 11 nitrogen and oxygen atoms in total. The van der Waals surface area contributed by atoms with Gasteiger partial charge < -0.3 is 52.4 Å². The first kappa shape index (κ1) is 48.1. The van der Waals surface area contributed by atoms with Crippen LogP contribution in [0.4, 0.5) is 38.9 Å². The quantitative estimate of drug-likeness (QED) is 0.0366. The maximum atomic E-state index is 10.1. The van der Waals surface area contributed by atoms with E-state index >= 15 is 0 Å². The van der Waals surface area contributed by atoms with Gasteiger partial charge >= 0.3 is 94.8 Å². The number of hydrogen-bond donors (Lipinski definition) is 7. The molecule has 12 N–H and O–H groups in total. The van der Waals surface area contributed by atoms with Crippen LogP contribution in [-0.2, 0) is 13.5 Å². The number of nitrogens with two attached hydrogens (primary N) is 5. The number of hydrogen-bond acceptors (Lipinski definition) is 9. The summed E-state index contributed by atoms with van der Waals surface area (Å²) in [6.07, 6.45) is -1.83. The summed E-state index contributed by atoms with van der Waals surface area (Å²) >= 11 is 0. The Morgan fingerprint density at radius 2 is 1.00 bits per heavy atom. The van der Waals surface area contributed by atoms with Gasteiger partial charge in [0.05, 0.1) is 4.92 Å². The van der Waals surface area contributed by atoms with Crippen molar-refractivity contribution in [1.29, 1.82) is 0 Å². The number of nitro groups is 1. The minimum absolute atomic E-state index is 0. The molecule has 16 heteroatoms. The first-order valence-corrected chi connectivity index (χ1v) is 8.56. The summed E-state index contributed by atoms with van der Waals surface area (Å²) in [5.74, 6) is 0. The van der Waals surface area contributed by atoms with Gasteiger partial charge in [0.2, 0.25) is 0 Å². The van der Waals surface area contributed by atoms with E-state index in [-0.39, 0.29) is 121 Å². The molecule has 0 saturated heterocycles. The Balaban J connectivity index is -0.0000000823. The fourth-order valence-electron chi connectivity index (χ4n) is 1.75. The molecular weight excluding hydrogens is 537 g/mol. The Kier molecular flexibility index (Phi) is 36.2. The summed E-state index contributed by atoms with van der Waals surface area (Å²) in [7, 11) is 0. The zero-order valence-corrected chi connectivity index (χ0v) is 28.6. The Bertz CT molecular complexity index is 964. The molecular formula is C20H29N6Na3O5S2+2. The Hall–Kier alpha value is -0.970. The van der Waals surface area contributed by atoms with Crippen LogP contribution in [-0.4, -0.2) is 21.3 Å². The second-order valence-corrected chi connectivity index (χ2v) is 5.91. The molecule has 0 aliphatic heterocycles. The fraction of sp³-hybridized carbons (Fsp3) is 0.0500. The molecule has 0 atom stereocenters. The number of carboxylic acid groups (broad SMARTS) is 2. The van der Waals surface area contributed by atoms with Gasteiger partial charge in [-0.1, -0.05) is 6.07 Å². The number of thiol groups is 1. The number of nitrogens with zero attached hydrogens (tertiary/aromatic N) is 1. The molecule has 0 radical (unpaired) electrons. The number of benzene rings is 3. The van der Waals surface area contributed by atoms with Gasteiger partial charge in [-0.05, 0) is 61.0 Å². The van der Waals surface area contributed by atoms with Crippen molar-refractivity contribution in [3.05, 3.63) is 82.4 Å². The molecule has 3 aromatic carbocycles. The Labute approximate surface area is 290 Å². The molecule has 0 aromatic heterocycles. The van der Waals surface area contributed by atoms with Gasteiger partial charge in [-0.2, -0.15) is 13.5 Å². The van der Waals surface area contributed by atoms with Crippen LogP contribution in [0.25, 0.3) is 0 Å². The summed E-state index contributed by atoms with van der Waals surface area (Å²) < 4.78 is 0. The molecule has 3 rings (SSSR count). The monoisotopic (exact) mass is 566 g/mol. The summed E-state index contributed by atoms with van der Waals surface area (Å²) in [5.41, 5.74) is 31.7. The summed E-state index contributed by atoms with van der Waals surface area (Å²) in [6.45, 7) is 1.95. The largest absolute Gasteiger partial charge is 1.00 e. The van der Waals surface area contributed by atoms with Gasteiger partial charge in [-0.25, -0.2) is 4.79 Å². The topological polar surface area (TPSA) is 231 Å². The molecule has 3 aromatic rings. The smallest absolute Gasteiger partial charge is 0.813 e. The third kappa shape index (κ3) is 26.1. The van der Waals surface area contributed by atoms with Crippen molar-refractivity contribution in [2.45, 2.75) is 6.92 Å². The van der Waals surface area contributed by atoms with Crippen molar-refractivity contribution in [3.63, 3.8) is 0 Å². The molecule has 0 fully saturated rings. The Morgan fingerprint density at radius 1 is 0.722 bits per heavy atom. The minimum atomic E-state index is -1.83. The number of carbonyl (C=O) groups is 1. The van der Waals surface area contributed by atoms with Crippen molar-refractivity contribution >= 4 is 67.3 Å². The average molecular weight is 567 g/mol. The van der Waals surface area contributed by atoms with Crippen LogP contribution >= 0.6 is 13.5 Å². The van der Waals surface area contributed by atoms with E-state index in [1.165, 1.54) is 24.3 Å². The van der Waals surface area contributed by atoms with Crippen molar-refractivity contribution in [3.8, 4) is 0 Å². The molecule has 0 aliphatic rings. The first-order chi connectivity index (χ1) is 14.4. The van der Waals surface area contributed by atoms with Crippen LogP contribution in [0.15, 0.2) is 66.7 Å². The normalized spacial score (nSPS) is 7.58. The molecule has 0 aliphatic carbocycles. The maximum absolute atomic E-state index is 10.1. The minimum Gasteiger partial charge on any atom is -0.813 e. The zero-order valence-electron chi connectivity index (χ0n) is 20.8. The van der Waals surface area contributed by atoms with E-state index in [1.807, 2.05) is 19.1 Å². The molecule has 0 saturated carbocycles. The second-order valence-electron chi connectivity index (χ2n) is 5.91. The van der Waals surface area contributed by atoms with Crippen molar-refractivity contribution in [2.24, 2.45) is 0 Å². The van der Waals surface area contributed by atoms with E-state index < -0.39 is 11.1 Å². The molecule has 0 bridgehead atoms. The van der Waals surface area contributed by atoms with Crippen LogP contribution in [0.3, 0.4) is 0 Å². The first-order valence-electron chi connectivity index (χ1n) is 8.56. The second kappa shape index (κ2) is 27.1. The molecule has 0 spiro atoms. The van der Waals surface area contributed by atoms with E-state index in [0.29, 0.717) is 5.69 Å². The Morgan fingerprint density at radius 3 is 1.25 bits per heavy atom. The van der Waals surface area contributed by atoms with Crippen molar-refractivity contribution in [2.75, 3.05) is 28.7 Å². The fourth-order valence-corrected chi connectivity index (χ4v) is 1.75. The molecule has 182 valence electrons. The van der Waals surface area contributed by atoms with Crippen molar-refractivity contribution in [1.82, 2.24) is 0 Å².